The monoisotopic (exact) mass is 551 g/mol. The van der Waals surface area contributed by atoms with E-state index in [1.807, 2.05) is 50.2 Å². The van der Waals surface area contributed by atoms with Gasteiger partial charge in [-0.05, 0) is 66.1 Å². The normalized spacial score (nSPS) is 16.9. The number of fused-ring (bicyclic) bond motifs is 4. The van der Waals surface area contributed by atoms with E-state index < -0.39 is 11.9 Å². The third-order valence-corrected chi connectivity index (χ3v) is 7.44. The number of hydrogen-bond acceptors (Lipinski definition) is 7. The Kier molecular flexibility index (Phi) is 6.61. The van der Waals surface area contributed by atoms with Crippen molar-refractivity contribution >= 4 is 28.7 Å². The number of ether oxygens (including phenoxy) is 4. The molecule has 0 N–H and O–H groups in total. The van der Waals surface area contributed by atoms with Gasteiger partial charge in [0.25, 0.3) is 5.56 Å². The Morgan fingerprint density at radius 1 is 0.927 bits per heavy atom. The number of methoxy groups -OCH3 is 2. The van der Waals surface area contributed by atoms with E-state index in [0.29, 0.717) is 40.5 Å². The summed E-state index contributed by atoms with van der Waals surface area (Å²) < 4.78 is 24.2. The number of hydrogen-bond donors (Lipinski definition) is 0. The van der Waals surface area contributed by atoms with Crippen LogP contribution in [-0.4, -0.2) is 30.5 Å². The predicted octanol–water partition coefficient (Wildman–Crippen LogP) is 5.73. The Balaban J connectivity index is 1.51. The standard InChI is InChI=1S/C33H29NO7/c1-18(2)17-34-26-11-9-22(39-4)14-20(26)15-25(33(34)37)24-16-29(35)40-27-12-10-23-31(36)28(41-32(23)30(24)27)13-19-5-7-21(38-3)8-6-19/h5-15,18,24H,16-17H2,1-4H3/b28-13+. The van der Waals surface area contributed by atoms with Crippen LogP contribution in [0.1, 0.15) is 53.2 Å². The van der Waals surface area contributed by atoms with Crippen molar-refractivity contribution < 1.29 is 28.5 Å². The third-order valence-electron chi connectivity index (χ3n) is 7.44. The van der Waals surface area contributed by atoms with Crippen molar-refractivity contribution in [2.45, 2.75) is 32.7 Å². The summed E-state index contributed by atoms with van der Waals surface area (Å²) >= 11 is 0. The van der Waals surface area contributed by atoms with Gasteiger partial charge in [0.1, 0.15) is 23.0 Å². The number of carbonyl (C=O) groups is 2. The summed E-state index contributed by atoms with van der Waals surface area (Å²) in [5.41, 5.74) is 2.65. The maximum Gasteiger partial charge on any atom is 0.312 e. The van der Waals surface area contributed by atoms with Gasteiger partial charge in [0.05, 0.1) is 31.7 Å². The Labute approximate surface area is 236 Å². The van der Waals surface area contributed by atoms with Crippen molar-refractivity contribution in [1.29, 1.82) is 0 Å². The molecule has 4 aromatic rings. The van der Waals surface area contributed by atoms with Gasteiger partial charge in [0, 0.05) is 29.0 Å². The van der Waals surface area contributed by atoms with Crippen LogP contribution < -0.4 is 24.5 Å². The number of aromatic nitrogens is 1. The first-order chi connectivity index (χ1) is 19.8. The van der Waals surface area contributed by atoms with E-state index in [2.05, 4.69) is 0 Å². The van der Waals surface area contributed by atoms with Crippen LogP contribution in [0.25, 0.3) is 17.0 Å². The van der Waals surface area contributed by atoms with Gasteiger partial charge in [-0.25, -0.2) is 0 Å². The molecule has 2 aliphatic rings. The molecule has 0 fully saturated rings. The van der Waals surface area contributed by atoms with Crippen molar-refractivity contribution in [3.05, 3.63) is 99.0 Å². The van der Waals surface area contributed by atoms with Crippen LogP contribution in [0.3, 0.4) is 0 Å². The molecule has 0 bridgehead atoms. The lowest BCUT2D eigenvalue weighted by Crippen LogP contribution is -2.31. The number of allylic oxidation sites excluding steroid dienone is 1. The van der Waals surface area contributed by atoms with Gasteiger partial charge in [-0.2, -0.15) is 0 Å². The summed E-state index contributed by atoms with van der Waals surface area (Å²) in [5.74, 6) is 0.886. The molecule has 0 amide bonds. The van der Waals surface area contributed by atoms with E-state index in [0.717, 1.165) is 16.5 Å². The first kappa shape index (κ1) is 26.4. The lowest BCUT2D eigenvalue weighted by Gasteiger charge is -2.27. The number of Topliss-reactive ketones (excluding diaryl/α,β-unsaturated/α-hetero) is 1. The highest BCUT2D eigenvalue weighted by atomic mass is 16.5. The molecule has 8 nitrogen and oxygen atoms in total. The number of nitrogens with zero attached hydrogens (tertiary/aromatic N) is 1. The number of pyridine rings is 1. The molecule has 0 spiro atoms. The summed E-state index contributed by atoms with van der Waals surface area (Å²) in [7, 11) is 3.18. The summed E-state index contributed by atoms with van der Waals surface area (Å²) in [5, 5.41) is 0.810. The van der Waals surface area contributed by atoms with Gasteiger partial charge in [0.2, 0.25) is 5.78 Å². The van der Waals surface area contributed by atoms with Gasteiger partial charge < -0.3 is 23.5 Å². The largest absolute Gasteiger partial charge is 0.497 e. The second-order valence-corrected chi connectivity index (χ2v) is 10.6. The summed E-state index contributed by atoms with van der Waals surface area (Å²) in [6, 6.07) is 17.8. The first-order valence-corrected chi connectivity index (χ1v) is 13.4. The van der Waals surface area contributed by atoms with Crippen LogP contribution in [0.15, 0.2) is 71.2 Å². The van der Waals surface area contributed by atoms with Crippen molar-refractivity contribution in [2.24, 2.45) is 5.92 Å². The van der Waals surface area contributed by atoms with Crippen molar-refractivity contribution in [3.63, 3.8) is 0 Å². The predicted molar refractivity (Wildman–Crippen MR) is 154 cm³/mol. The number of carbonyl (C=O) groups excluding carboxylic acids is 2. The number of benzene rings is 3. The molecule has 0 saturated heterocycles. The van der Waals surface area contributed by atoms with Crippen molar-refractivity contribution in [1.82, 2.24) is 4.57 Å². The fourth-order valence-electron chi connectivity index (χ4n) is 5.53. The van der Waals surface area contributed by atoms with E-state index in [4.69, 9.17) is 18.9 Å². The van der Waals surface area contributed by atoms with Crippen LogP contribution in [0, 0.1) is 5.92 Å². The molecule has 0 radical (unpaired) electrons. The number of ketones is 1. The molecule has 41 heavy (non-hydrogen) atoms. The molecule has 6 rings (SSSR count). The van der Waals surface area contributed by atoms with Gasteiger partial charge in [-0.3, -0.25) is 14.4 Å². The Bertz CT molecular complexity index is 1800. The van der Waals surface area contributed by atoms with E-state index in [1.54, 1.807) is 49.1 Å². The molecule has 8 heteroatoms. The third kappa shape index (κ3) is 4.65. The summed E-state index contributed by atoms with van der Waals surface area (Å²) in [4.78, 5) is 40.3. The second-order valence-electron chi connectivity index (χ2n) is 10.6. The average molecular weight is 552 g/mol. The quantitative estimate of drug-likeness (QED) is 0.172. The number of esters is 1. The Morgan fingerprint density at radius 2 is 1.66 bits per heavy atom. The fourth-order valence-corrected chi connectivity index (χ4v) is 5.53. The van der Waals surface area contributed by atoms with Crippen LogP contribution in [0.4, 0.5) is 0 Å². The maximum atomic E-state index is 14.1. The molecular formula is C33H29NO7. The zero-order chi connectivity index (χ0) is 28.8. The SMILES string of the molecule is COc1ccc(/C=C2/Oc3c(ccc4c3C(c3cc5cc(OC)ccc5n(CC(C)C)c3=O)CC(=O)O4)C2=O)cc1. The smallest absolute Gasteiger partial charge is 0.312 e. The molecule has 1 aromatic heterocycles. The Morgan fingerprint density at radius 3 is 2.37 bits per heavy atom. The van der Waals surface area contributed by atoms with E-state index in [1.165, 1.54) is 0 Å². The number of rotatable bonds is 6. The highest BCUT2D eigenvalue weighted by Crippen LogP contribution is 2.48. The van der Waals surface area contributed by atoms with Gasteiger partial charge in [-0.1, -0.05) is 26.0 Å². The highest BCUT2D eigenvalue weighted by Gasteiger charge is 2.39. The Hall–Kier alpha value is -4.85. The molecule has 3 aromatic carbocycles. The lowest BCUT2D eigenvalue weighted by atomic mass is 9.84. The van der Waals surface area contributed by atoms with Crippen molar-refractivity contribution in [2.75, 3.05) is 14.2 Å². The van der Waals surface area contributed by atoms with E-state index >= 15 is 0 Å². The zero-order valence-corrected chi connectivity index (χ0v) is 23.2. The molecular weight excluding hydrogens is 522 g/mol. The minimum Gasteiger partial charge on any atom is -0.497 e. The van der Waals surface area contributed by atoms with Gasteiger partial charge in [0.15, 0.2) is 5.76 Å². The van der Waals surface area contributed by atoms with Crippen LogP contribution in [0.5, 0.6) is 23.0 Å². The van der Waals surface area contributed by atoms with Crippen LogP contribution in [-0.2, 0) is 11.3 Å². The zero-order valence-electron chi connectivity index (χ0n) is 23.2. The molecule has 1 unspecified atom stereocenters. The molecule has 3 heterocycles. The van der Waals surface area contributed by atoms with Gasteiger partial charge in [-0.15, -0.1) is 0 Å². The van der Waals surface area contributed by atoms with Crippen molar-refractivity contribution in [3.8, 4) is 23.0 Å². The highest BCUT2D eigenvalue weighted by molar-refractivity contribution is 6.15. The average Bonchev–Trinajstić information content (AvgIpc) is 3.28. The second kappa shape index (κ2) is 10.3. The van der Waals surface area contributed by atoms with Gasteiger partial charge >= 0.3 is 5.97 Å². The minimum atomic E-state index is -0.671. The minimum absolute atomic E-state index is 0.0646. The molecule has 0 saturated carbocycles. The summed E-state index contributed by atoms with van der Waals surface area (Å²) in [6.07, 6.45) is 1.60. The van der Waals surface area contributed by atoms with E-state index in [-0.39, 0.29) is 35.2 Å². The van der Waals surface area contributed by atoms with Crippen LogP contribution in [0.2, 0.25) is 0 Å². The topological polar surface area (TPSA) is 93.1 Å². The molecule has 0 aliphatic carbocycles. The van der Waals surface area contributed by atoms with E-state index in [9.17, 15) is 14.4 Å². The molecule has 1 atom stereocenters. The molecule has 2 aliphatic heterocycles. The first-order valence-electron chi connectivity index (χ1n) is 13.4. The summed E-state index contributed by atoms with van der Waals surface area (Å²) in [6.45, 7) is 4.59. The fraction of sp³-hybridized carbons (Fsp3) is 0.242. The van der Waals surface area contributed by atoms with Crippen LogP contribution >= 0.6 is 0 Å². The molecule has 208 valence electrons. The maximum absolute atomic E-state index is 14.1. The lowest BCUT2D eigenvalue weighted by molar-refractivity contribution is -0.135.